The highest BCUT2D eigenvalue weighted by Gasteiger charge is 2.44. The van der Waals surface area contributed by atoms with Gasteiger partial charge in [0.25, 0.3) is 0 Å². The van der Waals surface area contributed by atoms with Crippen molar-refractivity contribution in [3.05, 3.63) is 0 Å². The van der Waals surface area contributed by atoms with Gasteiger partial charge in [-0.25, -0.2) is 0 Å². The lowest BCUT2D eigenvalue weighted by Gasteiger charge is -2.40. The summed E-state index contributed by atoms with van der Waals surface area (Å²) in [6, 6.07) is -0.709. The highest BCUT2D eigenvalue weighted by atomic mass is 16.7. The van der Waals surface area contributed by atoms with Crippen LogP contribution in [0, 0.1) is 0 Å². The summed E-state index contributed by atoms with van der Waals surface area (Å²) in [5.74, 6) is -0.142. The minimum atomic E-state index is -1.55. The Balaban J connectivity index is 2.23. The van der Waals surface area contributed by atoms with E-state index in [1.807, 2.05) is 0 Å². The fourth-order valence-electron chi connectivity index (χ4n) is 7.51. The van der Waals surface area contributed by atoms with Gasteiger partial charge in [0.15, 0.2) is 6.29 Å². The Morgan fingerprint density at radius 1 is 0.566 bits per heavy atom. The molecular weight excluding hydrogens is 670 g/mol. The molecule has 0 spiro atoms. The molecule has 0 saturated carbocycles. The van der Waals surface area contributed by atoms with Crippen LogP contribution in [0.5, 0.6) is 0 Å². The number of aliphatic hydroxyl groups is 5. The van der Waals surface area contributed by atoms with Crippen LogP contribution < -0.4 is 5.32 Å². The first-order valence-electron chi connectivity index (χ1n) is 22.7. The van der Waals surface area contributed by atoms with Crippen LogP contribution in [0.3, 0.4) is 0 Å². The molecule has 316 valence electrons. The molecule has 0 aromatic carbocycles. The number of nitrogens with one attached hydrogen (secondary N) is 1. The Kier molecular flexibility index (Phi) is 33.7. The lowest BCUT2D eigenvalue weighted by Crippen LogP contribution is -2.60. The summed E-state index contributed by atoms with van der Waals surface area (Å²) < 4.78 is 11.2. The third kappa shape index (κ3) is 26.6. The molecule has 7 atom stereocenters. The summed E-state index contributed by atoms with van der Waals surface area (Å²) in [4.78, 5) is 12.9. The summed E-state index contributed by atoms with van der Waals surface area (Å²) >= 11 is 0. The number of amides is 1. The molecule has 6 N–H and O–H groups in total. The van der Waals surface area contributed by atoms with Gasteiger partial charge in [-0.1, -0.05) is 200 Å². The van der Waals surface area contributed by atoms with Crippen LogP contribution in [-0.2, 0) is 14.3 Å². The molecule has 1 aliphatic rings. The normalized spacial score (nSPS) is 21.5. The Labute approximate surface area is 325 Å². The minimum absolute atomic E-state index is 0.133. The first-order chi connectivity index (χ1) is 25.8. The molecule has 1 rings (SSSR count). The van der Waals surface area contributed by atoms with Gasteiger partial charge in [-0.3, -0.25) is 4.79 Å². The van der Waals surface area contributed by atoms with Gasteiger partial charge in [-0.15, -0.1) is 0 Å². The molecule has 0 aliphatic carbocycles. The molecule has 0 aromatic rings. The molecule has 9 heteroatoms. The van der Waals surface area contributed by atoms with E-state index < -0.39 is 49.5 Å². The summed E-state index contributed by atoms with van der Waals surface area (Å²) in [7, 11) is 0. The van der Waals surface area contributed by atoms with Crippen molar-refractivity contribution in [3.63, 3.8) is 0 Å². The molecule has 0 bridgehead atoms. The predicted octanol–water partition coefficient (Wildman–Crippen LogP) is 9.17. The Bertz CT molecular complexity index is 801. The van der Waals surface area contributed by atoms with Crippen LogP contribution in [0.15, 0.2) is 0 Å². The highest BCUT2D eigenvalue weighted by Crippen LogP contribution is 2.23. The van der Waals surface area contributed by atoms with Gasteiger partial charge in [0.2, 0.25) is 5.91 Å². The van der Waals surface area contributed by atoms with E-state index in [1.54, 1.807) is 0 Å². The van der Waals surface area contributed by atoms with Crippen molar-refractivity contribution in [2.24, 2.45) is 0 Å². The molecule has 1 fully saturated rings. The smallest absolute Gasteiger partial charge is 0.220 e. The number of hydrogen-bond acceptors (Lipinski definition) is 8. The van der Waals surface area contributed by atoms with Gasteiger partial charge < -0.3 is 40.3 Å². The van der Waals surface area contributed by atoms with E-state index in [4.69, 9.17) is 9.47 Å². The summed E-state index contributed by atoms with van der Waals surface area (Å²) in [6.45, 7) is 3.82. The van der Waals surface area contributed by atoms with Gasteiger partial charge in [0.05, 0.1) is 25.4 Å². The maximum absolute atomic E-state index is 12.9. The van der Waals surface area contributed by atoms with Crippen LogP contribution in [0.2, 0.25) is 0 Å². The summed E-state index contributed by atoms with van der Waals surface area (Å²) in [6.07, 6.45) is 31.2. The van der Waals surface area contributed by atoms with E-state index in [0.717, 1.165) is 38.5 Å². The molecule has 9 nitrogen and oxygen atoms in total. The quantitative estimate of drug-likeness (QED) is 0.0342. The van der Waals surface area contributed by atoms with Crippen molar-refractivity contribution >= 4 is 5.91 Å². The standard InChI is InChI=1S/C44H87NO8/c1-3-5-7-9-11-13-14-15-16-17-18-19-20-21-22-23-24-26-28-30-32-34-40(48)45-37(38(47)33-31-29-27-25-12-10-8-6-4-2)36-52-44-43(51)42(50)41(49)39(35-46)53-44/h37-39,41-44,46-47,49-51H,3-36H2,1-2H3,(H,45,48)/t37-,38+,39+,41+,42?,43?,44+/m0/s1. The van der Waals surface area contributed by atoms with Crippen LogP contribution in [0.1, 0.15) is 219 Å². The van der Waals surface area contributed by atoms with Gasteiger partial charge >= 0.3 is 0 Å². The van der Waals surface area contributed by atoms with Gasteiger partial charge in [0, 0.05) is 6.42 Å². The van der Waals surface area contributed by atoms with Gasteiger partial charge in [0.1, 0.15) is 24.4 Å². The second-order valence-electron chi connectivity index (χ2n) is 16.2. The predicted molar refractivity (Wildman–Crippen MR) is 217 cm³/mol. The minimum Gasteiger partial charge on any atom is -0.394 e. The van der Waals surface area contributed by atoms with E-state index in [2.05, 4.69) is 19.2 Å². The first kappa shape index (κ1) is 50.2. The lowest BCUT2D eigenvalue weighted by atomic mass is 9.99. The maximum Gasteiger partial charge on any atom is 0.220 e. The third-order valence-corrected chi connectivity index (χ3v) is 11.2. The Hall–Kier alpha value is -0.810. The Morgan fingerprint density at radius 3 is 1.34 bits per heavy atom. The monoisotopic (exact) mass is 758 g/mol. The number of unbranched alkanes of at least 4 members (excludes halogenated alkanes) is 28. The maximum atomic E-state index is 12.9. The number of rotatable bonds is 38. The summed E-state index contributed by atoms with van der Waals surface area (Å²) in [5, 5.41) is 54.1. The highest BCUT2D eigenvalue weighted by molar-refractivity contribution is 5.76. The van der Waals surface area contributed by atoms with Crippen molar-refractivity contribution in [2.45, 2.75) is 262 Å². The molecular formula is C44H87NO8. The summed E-state index contributed by atoms with van der Waals surface area (Å²) in [5.41, 5.74) is 0. The molecule has 1 amide bonds. The van der Waals surface area contributed by atoms with E-state index >= 15 is 0 Å². The fourth-order valence-corrected chi connectivity index (χ4v) is 7.51. The van der Waals surface area contributed by atoms with Crippen LogP contribution in [0.4, 0.5) is 0 Å². The molecule has 0 radical (unpaired) electrons. The van der Waals surface area contributed by atoms with Crippen molar-refractivity contribution in [1.29, 1.82) is 0 Å². The average molecular weight is 758 g/mol. The molecule has 2 unspecified atom stereocenters. The number of ether oxygens (including phenoxy) is 2. The number of carbonyl (C=O) groups is 1. The van der Waals surface area contributed by atoms with Crippen molar-refractivity contribution in [1.82, 2.24) is 5.32 Å². The molecule has 0 aromatic heterocycles. The lowest BCUT2D eigenvalue weighted by molar-refractivity contribution is -0.302. The zero-order valence-electron chi connectivity index (χ0n) is 34.5. The van der Waals surface area contributed by atoms with Crippen molar-refractivity contribution < 1.29 is 39.8 Å². The van der Waals surface area contributed by atoms with Crippen LogP contribution >= 0.6 is 0 Å². The van der Waals surface area contributed by atoms with Gasteiger partial charge in [-0.05, 0) is 12.8 Å². The van der Waals surface area contributed by atoms with E-state index in [0.29, 0.717) is 12.8 Å². The van der Waals surface area contributed by atoms with E-state index in [9.17, 15) is 30.3 Å². The largest absolute Gasteiger partial charge is 0.394 e. The molecule has 1 aliphatic heterocycles. The van der Waals surface area contributed by atoms with Crippen LogP contribution in [0.25, 0.3) is 0 Å². The van der Waals surface area contributed by atoms with Crippen molar-refractivity contribution in [3.8, 4) is 0 Å². The molecule has 53 heavy (non-hydrogen) atoms. The zero-order valence-corrected chi connectivity index (χ0v) is 34.5. The molecule has 1 saturated heterocycles. The van der Waals surface area contributed by atoms with Crippen molar-refractivity contribution in [2.75, 3.05) is 13.2 Å². The Morgan fingerprint density at radius 2 is 0.943 bits per heavy atom. The second-order valence-corrected chi connectivity index (χ2v) is 16.2. The molecule has 1 heterocycles. The van der Waals surface area contributed by atoms with E-state index in [1.165, 1.54) is 154 Å². The number of carbonyl (C=O) groups excluding carboxylic acids is 1. The first-order valence-corrected chi connectivity index (χ1v) is 22.7. The third-order valence-electron chi connectivity index (χ3n) is 11.2. The second kappa shape index (κ2) is 35.6. The average Bonchev–Trinajstić information content (AvgIpc) is 3.16. The zero-order chi connectivity index (χ0) is 38.8. The topological polar surface area (TPSA) is 149 Å². The van der Waals surface area contributed by atoms with Gasteiger partial charge in [-0.2, -0.15) is 0 Å². The van der Waals surface area contributed by atoms with Crippen LogP contribution in [-0.4, -0.2) is 87.5 Å². The number of aliphatic hydroxyl groups excluding tert-OH is 5. The fraction of sp³-hybridized carbons (Fsp3) is 0.977. The van der Waals surface area contributed by atoms with E-state index in [-0.39, 0.29) is 12.5 Å². The number of hydrogen-bond donors (Lipinski definition) is 6. The SMILES string of the molecule is CCCCCCCCCCCCCCCCCCCCCCCC(=O)N[C@@H](CO[C@@H]1O[C@H](CO)[C@@H](O)C(O)C1O)[C@H](O)CCCCCCCCCCC.